The zero-order valence-electron chi connectivity index (χ0n) is 18.3. The second kappa shape index (κ2) is 9.05. The van der Waals surface area contributed by atoms with Gasteiger partial charge < -0.3 is 20.9 Å². The number of aryl methyl sites for hydroxylation is 1. The number of carbonyl (C=O) groups excluding carboxylic acids is 2. The number of anilines is 1. The molecule has 1 fully saturated rings. The Hall–Kier alpha value is -3.69. The number of hydrogen-bond donors (Lipinski definition) is 4. The summed E-state index contributed by atoms with van der Waals surface area (Å²) in [5, 5.41) is 9.95. The quantitative estimate of drug-likeness (QED) is 0.447. The standard InChI is InChI=1S/C23H27N7O3/c31-20(25-11-16-9-14-10-24-8-7-17(14)27-16)12-30-13-26-18-5-6-19(29-21(18)23(30)33)22(32)28-15-3-1-2-4-15/h7-10,13,15,19,27,29H,1-6,11-12H2,(H,25,31)(H,28,32). The van der Waals surface area contributed by atoms with Crippen LogP contribution in [0.1, 0.15) is 43.5 Å². The molecule has 0 aromatic carbocycles. The SMILES string of the molecule is O=C(Cn1cnc2c(c1=O)NC(C(=O)NC1CCCC1)CC2)NCc1cc2cnccc2[nH]1. The van der Waals surface area contributed by atoms with Gasteiger partial charge in [-0.2, -0.15) is 0 Å². The maximum Gasteiger partial charge on any atom is 0.277 e. The highest BCUT2D eigenvalue weighted by Crippen LogP contribution is 2.21. The first-order chi connectivity index (χ1) is 16.1. The Morgan fingerprint density at radius 3 is 2.88 bits per heavy atom. The van der Waals surface area contributed by atoms with Crippen molar-refractivity contribution >= 4 is 28.4 Å². The number of carbonyl (C=O) groups is 2. The number of pyridine rings is 1. The Morgan fingerprint density at radius 2 is 2.06 bits per heavy atom. The van der Waals surface area contributed by atoms with Gasteiger partial charge in [0, 0.05) is 35.0 Å². The van der Waals surface area contributed by atoms with E-state index in [1.165, 1.54) is 10.9 Å². The van der Waals surface area contributed by atoms with Crippen molar-refractivity contribution in [2.75, 3.05) is 5.32 Å². The van der Waals surface area contributed by atoms with E-state index in [0.717, 1.165) is 42.3 Å². The van der Waals surface area contributed by atoms with E-state index in [2.05, 4.69) is 30.9 Å². The van der Waals surface area contributed by atoms with E-state index in [9.17, 15) is 14.4 Å². The fourth-order valence-corrected chi connectivity index (χ4v) is 4.60. The van der Waals surface area contributed by atoms with Gasteiger partial charge in [-0.1, -0.05) is 12.8 Å². The van der Waals surface area contributed by atoms with E-state index in [-0.39, 0.29) is 30.0 Å². The third-order valence-electron chi connectivity index (χ3n) is 6.39. The van der Waals surface area contributed by atoms with Crippen molar-refractivity contribution in [3.8, 4) is 0 Å². The van der Waals surface area contributed by atoms with Crippen molar-refractivity contribution in [1.82, 2.24) is 30.2 Å². The number of aromatic amines is 1. The fourth-order valence-electron chi connectivity index (χ4n) is 4.60. The number of nitrogens with one attached hydrogen (secondary N) is 4. The number of fused-ring (bicyclic) bond motifs is 2. The summed E-state index contributed by atoms with van der Waals surface area (Å²) in [4.78, 5) is 49.8. The van der Waals surface area contributed by atoms with E-state index in [1.54, 1.807) is 12.4 Å². The predicted molar refractivity (Wildman–Crippen MR) is 123 cm³/mol. The molecule has 10 heteroatoms. The molecule has 1 unspecified atom stereocenters. The first-order valence-corrected chi connectivity index (χ1v) is 11.4. The van der Waals surface area contributed by atoms with E-state index >= 15 is 0 Å². The summed E-state index contributed by atoms with van der Waals surface area (Å²) in [7, 11) is 0. The maximum atomic E-state index is 13.0. The van der Waals surface area contributed by atoms with Crippen LogP contribution in [-0.2, 0) is 29.1 Å². The third-order valence-corrected chi connectivity index (χ3v) is 6.39. The first-order valence-electron chi connectivity index (χ1n) is 11.4. The Labute approximate surface area is 190 Å². The van der Waals surface area contributed by atoms with Crippen LogP contribution in [0, 0.1) is 0 Å². The van der Waals surface area contributed by atoms with Gasteiger partial charge in [-0.3, -0.25) is 23.9 Å². The van der Waals surface area contributed by atoms with E-state index in [0.29, 0.717) is 30.8 Å². The number of nitrogens with zero attached hydrogens (tertiary/aromatic N) is 3. The average molecular weight is 450 g/mol. The largest absolute Gasteiger partial charge is 0.368 e. The molecule has 3 aromatic heterocycles. The molecule has 3 aromatic rings. The summed E-state index contributed by atoms with van der Waals surface area (Å²) < 4.78 is 1.27. The van der Waals surface area contributed by atoms with Gasteiger partial charge in [-0.05, 0) is 37.8 Å². The lowest BCUT2D eigenvalue weighted by Crippen LogP contribution is -2.47. The molecule has 2 aliphatic rings. The molecule has 172 valence electrons. The lowest BCUT2D eigenvalue weighted by atomic mass is 10.0. The number of H-pyrrole nitrogens is 1. The van der Waals surface area contributed by atoms with Gasteiger partial charge in [0.2, 0.25) is 11.8 Å². The maximum absolute atomic E-state index is 13.0. The lowest BCUT2D eigenvalue weighted by molar-refractivity contribution is -0.123. The van der Waals surface area contributed by atoms with Gasteiger partial charge in [0.15, 0.2) is 0 Å². The summed E-state index contributed by atoms with van der Waals surface area (Å²) in [6.07, 6.45) is 10.3. The van der Waals surface area contributed by atoms with Crippen molar-refractivity contribution in [2.45, 2.75) is 63.7 Å². The normalized spacial score (nSPS) is 18.0. The summed E-state index contributed by atoms with van der Waals surface area (Å²) >= 11 is 0. The highest BCUT2D eigenvalue weighted by molar-refractivity contribution is 5.85. The molecule has 0 bridgehead atoms. The average Bonchev–Trinajstić information content (AvgIpc) is 3.49. The molecular formula is C23H27N7O3. The molecule has 2 amide bonds. The number of hydrogen-bond acceptors (Lipinski definition) is 6. The minimum absolute atomic E-state index is 0.0753. The molecule has 1 aliphatic carbocycles. The smallest absolute Gasteiger partial charge is 0.277 e. The van der Waals surface area contributed by atoms with Crippen LogP contribution in [0.2, 0.25) is 0 Å². The van der Waals surface area contributed by atoms with Gasteiger partial charge in [0.25, 0.3) is 5.56 Å². The topological polar surface area (TPSA) is 134 Å². The van der Waals surface area contributed by atoms with Crippen LogP contribution in [0.5, 0.6) is 0 Å². The number of amides is 2. The minimum Gasteiger partial charge on any atom is -0.368 e. The number of aromatic nitrogens is 4. The molecule has 0 spiro atoms. The van der Waals surface area contributed by atoms with E-state index in [1.807, 2.05) is 12.1 Å². The molecule has 5 rings (SSSR count). The summed E-state index contributed by atoms with van der Waals surface area (Å²) in [6.45, 7) is 0.157. The molecule has 33 heavy (non-hydrogen) atoms. The fraction of sp³-hybridized carbons (Fsp3) is 0.435. The van der Waals surface area contributed by atoms with Crippen LogP contribution >= 0.6 is 0 Å². The van der Waals surface area contributed by atoms with Crippen LogP contribution in [-0.4, -0.2) is 43.4 Å². The van der Waals surface area contributed by atoms with Gasteiger partial charge in [0.05, 0.1) is 18.6 Å². The van der Waals surface area contributed by atoms with Gasteiger partial charge in [0.1, 0.15) is 18.3 Å². The molecule has 1 aliphatic heterocycles. The first kappa shape index (κ1) is 21.2. The van der Waals surface area contributed by atoms with Gasteiger partial charge in [-0.15, -0.1) is 0 Å². The Morgan fingerprint density at radius 1 is 1.21 bits per heavy atom. The van der Waals surface area contributed by atoms with Crippen LogP contribution < -0.4 is 21.5 Å². The van der Waals surface area contributed by atoms with Crippen molar-refractivity contribution in [3.05, 3.63) is 52.6 Å². The van der Waals surface area contributed by atoms with Crippen LogP contribution in [0.4, 0.5) is 5.69 Å². The molecule has 4 N–H and O–H groups in total. The second-order valence-corrected chi connectivity index (χ2v) is 8.76. The predicted octanol–water partition coefficient (Wildman–Crippen LogP) is 1.22. The van der Waals surface area contributed by atoms with Crippen LogP contribution in [0.15, 0.2) is 35.6 Å². The van der Waals surface area contributed by atoms with Crippen molar-refractivity contribution < 1.29 is 9.59 Å². The molecule has 0 saturated heterocycles. The Bertz CT molecular complexity index is 1210. The van der Waals surface area contributed by atoms with Crippen molar-refractivity contribution in [1.29, 1.82) is 0 Å². The zero-order valence-corrected chi connectivity index (χ0v) is 18.3. The highest BCUT2D eigenvalue weighted by atomic mass is 16.2. The second-order valence-electron chi connectivity index (χ2n) is 8.76. The molecule has 1 atom stereocenters. The summed E-state index contributed by atoms with van der Waals surface area (Å²) in [5.41, 5.74) is 2.40. The minimum atomic E-state index is -0.464. The molecule has 10 nitrogen and oxygen atoms in total. The lowest BCUT2D eigenvalue weighted by Gasteiger charge is -2.26. The summed E-state index contributed by atoms with van der Waals surface area (Å²) in [6, 6.07) is 3.56. The Kier molecular flexibility index (Phi) is 5.80. The third kappa shape index (κ3) is 4.59. The van der Waals surface area contributed by atoms with Gasteiger partial charge in [-0.25, -0.2) is 4.98 Å². The summed E-state index contributed by atoms with van der Waals surface area (Å²) in [5.74, 6) is -0.379. The molecule has 0 radical (unpaired) electrons. The van der Waals surface area contributed by atoms with Crippen molar-refractivity contribution in [3.63, 3.8) is 0 Å². The van der Waals surface area contributed by atoms with Crippen molar-refractivity contribution in [2.24, 2.45) is 0 Å². The van der Waals surface area contributed by atoms with E-state index < -0.39 is 6.04 Å². The molecule has 1 saturated carbocycles. The highest BCUT2D eigenvalue weighted by Gasteiger charge is 2.29. The Balaban J connectivity index is 1.22. The van der Waals surface area contributed by atoms with Crippen LogP contribution in [0.25, 0.3) is 10.9 Å². The molecule has 4 heterocycles. The number of rotatable bonds is 6. The monoisotopic (exact) mass is 449 g/mol. The molecular weight excluding hydrogens is 422 g/mol. The van der Waals surface area contributed by atoms with Crippen LogP contribution in [0.3, 0.4) is 0 Å². The van der Waals surface area contributed by atoms with Gasteiger partial charge >= 0.3 is 0 Å². The van der Waals surface area contributed by atoms with E-state index in [4.69, 9.17) is 0 Å². The zero-order chi connectivity index (χ0) is 22.8.